The van der Waals surface area contributed by atoms with Crippen LogP contribution < -0.4 is 0 Å². The first-order chi connectivity index (χ1) is 20.0. The molecule has 2 aliphatic heterocycles. The fourth-order valence-electron chi connectivity index (χ4n) is 6.51. The van der Waals surface area contributed by atoms with E-state index in [1.165, 1.54) is 16.0 Å². The minimum absolute atomic E-state index is 0.0436. The zero-order valence-electron chi connectivity index (χ0n) is 24.3. The van der Waals surface area contributed by atoms with Gasteiger partial charge >= 0.3 is 6.09 Å². The van der Waals surface area contributed by atoms with Gasteiger partial charge in [-0.25, -0.2) is 4.79 Å². The molecule has 2 heterocycles. The number of β-amino-alcohol motifs (C(OH)–C–C–N with tert-alkyl or cyclic N) is 1. The monoisotopic (exact) mass is 570 g/mol. The molecule has 0 spiro atoms. The Balaban J connectivity index is 1.52. The van der Waals surface area contributed by atoms with E-state index in [0.717, 1.165) is 19.5 Å². The minimum atomic E-state index is -1.07. The molecule has 0 bridgehead atoms. The molecule has 0 saturated carbocycles. The lowest BCUT2D eigenvalue weighted by molar-refractivity contribution is -0.110. The fourth-order valence-corrected chi connectivity index (χ4v) is 6.51. The van der Waals surface area contributed by atoms with Crippen LogP contribution in [0.4, 0.5) is 4.79 Å². The number of methoxy groups -OCH3 is 2. The molecule has 4 rings (SSSR count). The fraction of sp³-hybridized carbons (Fsp3) is 0.581. The highest BCUT2D eigenvalue weighted by Crippen LogP contribution is 2.28. The summed E-state index contributed by atoms with van der Waals surface area (Å²) in [5.41, 5.74) is 2.45. The largest absolute Gasteiger partial charge is 0.465 e. The number of aliphatic hydroxyl groups excluding tert-OH is 2. The number of hydrogen-bond acceptors (Lipinski definition) is 8. The molecule has 0 aromatic heterocycles. The van der Waals surface area contributed by atoms with E-state index in [4.69, 9.17) is 9.47 Å². The molecule has 2 aliphatic rings. The second-order valence-corrected chi connectivity index (χ2v) is 11.0. The summed E-state index contributed by atoms with van der Waals surface area (Å²) in [6.45, 7) is 4.09. The molecule has 2 saturated heterocycles. The molecule has 2 fully saturated rings. The molecular formula is C31H46N4O6. The van der Waals surface area contributed by atoms with Gasteiger partial charge in [-0.3, -0.25) is 19.6 Å². The average Bonchev–Trinajstić information content (AvgIpc) is 3.00. The summed E-state index contributed by atoms with van der Waals surface area (Å²) in [5.74, 6) is 0. The molecule has 226 valence electrons. The van der Waals surface area contributed by atoms with E-state index in [1.807, 2.05) is 12.1 Å². The Morgan fingerprint density at radius 1 is 0.878 bits per heavy atom. The van der Waals surface area contributed by atoms with Crippen molar-refractivity contribution in [3.8, 4) is 0 Å². The number of likely N-dealkylation sites (tertiary alicyclic amines) is 2. The quantitative estimate of drug-likeness (QED) is 0.334. The highest BCUT2D eigenvalue weighted by Gasteiger charge is 2.44. The summed E-state index contributed by atoms with van der Waals surface area (Å²) < 4.78 is 11.8. The van der Waals surface area contributed by atoms with Gasteiger partial charge in [-0.15, -0.1) is 0 Å². The predicted molar refractivity (Wildman–Crippen MR) is 156 cm³/mol. The SMILES string of the molecule is CO[C@H]1CN(CCO)CC[C@@H]1N(C(=O)O)C(CO)N1CC[C@H](N(Cc2ccccc2)Cc2ccccc2)[C@H](OC)C1. The Kier molecular flexibility index (Phi) is 11.9. The first-order valence-electron chi connectivity index (χ1n) is 14.6. The Bertz CT molecular complexity index is 1010. The number of rotatable bonds is 13. The topological polar surface area (TPSA) is 109 Å². The van der Waals surface area contributed by atoms with Crippen LogP contribution >= 0.6 is 0 Å². The third-order valence-electron chi connectivity index (χ3n) is 8.60. The molecular weight excluding hydrogens is 524 g/mol. The lowest BCUT2D eigenvalue weighted by atomic mass is 9.96. The number of aliphatic hydroxyl groups is 2. The molecule has 2 aromatic carbocycles. The van der Waals surface area contributed by atoms with Crippen molar-refractivity contribution in [3.63, 3.8) is 0 Å². The Morgan fingerprint density at radius 2 is 1.44 bits per heavy atom. The number of benzene rings is 2. The van der Waals surface area contributed by atoms with Gasteiger partial charge < -0.3 is 24.8 Å². The van der Waals surface area contributed by atoms with Crippen molar-refractivity contribution in [2.45, 2.75) is 56.4 Å². The number of ether oxygens (including phenoxy) is 2. The van der Waals surface area contributed by atoms with Crippen LogP contribution in [-0.4, -0.2) is 132 Å². The van der Waals surface area contributed by atoms with E-state index in [2.05, 4.69) is 63.2 Å². The van der Waals surface area contributed by atoms with Gasteiger partial charge in [0.1, 0.15) is 6.17 Å². The van der Waals surface area contributed by atoms with Crippen LogP contribution in [0.15, 0.2) is 60.7 Å². The number of amides is 1. The van der Waals surface area contributed by atoms with Crippen molar-refractivity contribution in [3.05, 3.63) is 71.8 Å². The molecule has 0 aliphatic carbocycles. The van der Waals surface area contributed by atoms with E-state index in [0.29, 0.717) is 39.1 Å². The molecule has 0 radical (unpaired) electrons. The molecule has 10 nitrogen and oxygen atoms in total. The summed E-state index contributed by atoms with van der Waals surface area (Å²) in [6, 6.07) is 20.5. The number of nitrogens with zero attached hydrogens (tertiary/aromatic N) is 4. The maximum Gasteiger partial charge on any atom is 0.408 e. The van der Waals surface area contributed by atoms with E-state index in [1.54, 1.807) is 14.2 Å². The number of carboxylic acid groups (broad SMARTS) is 1. The van der Waals surface area contributed by atoms with Crippen molar-refractivity contribution in [2.24, 2.45) is 0 Å². The predicted octanol–water partition coefficient (Wildman–Crippen LogP) is 2.16. The molecule has 41 heavy (non-hydrogen) atoms. The molecule has 5 atom stereocenters. The van der Waals surface area contributed by atoms with Crippen molar-refractivity contribution >= 4 is 6.09 Å². The van der Waals surface area contributed by atoms with Crippen molar-refractivity contribution in [1.29, 1.82) is 0 Å². The summed E-state index contributed by atoms with van der Waals surface area (Å²) in [6.07, 6.45) is -0.987. The average molecular weight is 571 g/mol. The summed E-state index contributed by atoms with van der Waals surface area (Å²) in [4.78, 5) is 20.7. The van der Waals surface area contributed by atoms with Crippen LogP contribution in [-0.2, 0) is 22.6 Å². The number of hydrogen-bond donors (Lipinski definition) is 3. The molecule has 3 N–H and O–H groups in total. The summed E-state index contributed by atoms with van der Waals surface area (Å²) in [5, 5.41) is 30.3. The molecule has 1 unspecified atom stereocenters. The normalized spacial score (nSPS) is 24.8. The van der Waals surface area contributed by atoms with Gasteiger partial charge in [-0.2, -0.15) is 0 Å². The Hall–Kier alpha value is -2.57. The summed E-state index contributed by atoms with van der Waals surface area (Å²) >= 11 is 0. The van der Waals surface area contributed by atoms with E-state index in [9.17, 15) is 20.1 Å². The zero-order valence-corrected chi connectivity index (χ0v) is 24.3. The third-order valence-corrected chi connectivity index (χ3v) is 8.60. The second-order valence-electron chi connectivity index (χ2n) is 11.0. The summed E-state index contributed by atoms with van der Waals surface area (Å²) in [7, 11) is 3.31. The maximum atomic E-state index is 12.7. The van der Waals surface area contributed by atoms with Crippen molar-refractivity contribution in [2.75, 3.05) is 60.2 Å². The van der Waals surface area contributed by atoms with Gasteiger partial charge in [-0.1, -0.05) is 60.7 Å². The molecule has 1 amide bonds. The van der Waals surface area contributed by atoms with Crippen LogP contribution in [0.1, 0.15) is 24.0 Å². The lowest BCUT2D eigenvalue weighted by Gasteiger charge is -2.50. The Morgan fingerprint density at radius 3 is 1.95 bits per heavy atom. The van der Waals surface area contributed by atoms with Gasteiger partial charge in [-0.05, 0) is 24.0 Å². The van der Waals surface area contributed by atoms with Gasteiger partial charge in [0.15, 0.2) is 0 Å². The van der Waals surface area contributed by atoms with Gasteiger partial charge in [0.25, 0.3) is 0 Å². The van der Waals surface area contributed by atoms with Crippen LogP contribution in [0.5, 0.6) is 0 Å². The van der Waals surface area contributed by atoms with Gasteiger partial charge in [0.05, 0.1) is 31.5 Å². The van der Waals surface area contributed by atoms with Crippen LogP contribution in [0, 0.1) is 0 Å². The number of piperidine rings is 2. The smallest absolute Gasteiger partial charge is 0.408 e. The van der Waals surface area contributed by atoms with Crippen molar-refractivity contribution < 1.29 is 29.6 Å². The van der Waals surface area contributed by atoms with Gasteiger partial charge in [0, 0.05) is 66.1 Å². The first-order valence-corrected chi connectivity index (χ1v) is 14.6. The van der Waals surface area contributed by atoms with E-state index < -0.39 is 18.3 Å². The Labute approximate surface area is 243 Å². The van der Waals surface area contributed by atoms with Crippen LogP contribution in [0.3, 0.4) is 0 Å². The number of carbonyl (C=O) groups is 1. The third kappa shape index (κ3) is 8.04. The maximum absolute atomic E-state index is 12.7. The standard InChI is InChI=1S/C31H46N4O6/c1-40-28-21-32(17-18-36)15-13-27(28)35(31(38)39)30(23-37)33-16-14-26(29(22-33)41-2)34(19-24-9-5-3-6-10-24)20-25-11-7-4-8-12-25/h3-12,26-30,36-37H,13-23H2,1-2H3,(H,38,39)/t26-,27-,28-,29+,30?/m0/s1. The van der Waals surface area contributed by atoms with Gasteiger partial charge in [0.2, 0.25) is 0 Å². The van der Waals surface area contributed by atoms with Crippen LogP contribution in [0.25, 0.3) is 0 Å². The minimum Gasteiger partial charge on any atom is -0.465 e. The van der Waals surface area contributed by atoms with Crippen molar-refractivity contribution in [1.82, 2.24) is 19.6 Å². The van der Waals surface area contributed by atoms with E-state index >= 15 is 0 Å². The highest BCUT2D eigenvalue weighted by atomic mass is 16.5. The zero-order chi connectivity index (χ0) is 29.2. The first kappa shape index (κ1) is 31.4. The molecule has 2 aromatic rings. The lowest BCUT2D eigenvalue weighted by Crippen LogP contribution is -2.66. The highest BCUT2D eigenvalue weighted by molar-refractivity contribution is 5.66. The second kappa shape index (κ2) is 15.6. The molecule has 10 heteroatoms. The van der Waals surface area contributed by atoms with Crippen LogP contribution in [0.2, 0.25) is 0 Å². The van der Waals surface area contributed by atoms with E-state index in [-0.39, 0.29) is 31.5 Å².